The van der Waals surface area contributed by atoms with E-state index >= 15 is 0 Å². The average Bonchev–Trinajstić information content (AvgIpc) is 3.54. The minimum absolute atomic E-state index is 0.00241. The zero-order valence-electron chi connectivity index (χ0n) is 23.9. The van der Waals surface area contributed by atoms with Gasteiger partial charge in [-0.1, -0.05) is 12.6 Å². The lowest BCUT2D eigenvalue weighted by molar-refractivity contribution is -0.135. The van der Waals surface area contributed by atoms with E-state index in [0.29, 0.717) is 25.1 Å². The summed E-state index contributed by atoms with van der Waals surface area (Å²) in [7, 11) is 4.13. The molecule has 1 saturated carbocycles. The lowest BCUT2D eigenvalue weighted by Crippen LogP contribution is -2.73. The fourth-order valence-corrected chi connectivity index (χ4v) is 9.44. The van der Waals surface area contributed by atoms with Crippen LogP contribution >= 0.6 is 11.8 Å². The van der Waals surface area contributed by atoms with Crippen molar-refractivity contribution < 1.29 is 13.9 Å². The van der Waals surface area contributed by atoms with Crippen molar-refractivity contribution in [1.29, 1.82) is 0 Å². The second kappa shape index (κ2) is 12.0. The molecule has 7 atom stereocenters. The molecule has 1 amide bonds. The third kappa shape index (κ3) is 5.61. The SMILES string of the molecule is C=CC(=O)N1CCN(C2NC(OCC3CCCN3C)NC3C[C@]4(CCC32)Cc2c(F)cccc2S4)CC1CNC. The first-order valence-electron chi connectivity index (χ1n) is 15.0. The molecule has 10 heteroatoms. The van der Waals surface area contributed by atoms with Crippen LogP contribution in [-0.2, 0) is 16.0 Å². The average molecular weight is 573 g/mol. The van der Waals surface area contributed by atoms with Crippen LogP contribution in [0.4, 0.5) is 4.39 Å². The molecule has 6 rings (SSSR count). The number of piperazine rings is 1. The molecule has 6 unspecified atom stereocenters. The predicted molar refractivity (Wildman–Crippen MR) is 156 cm³/mol. The molecule has 1 aromatic carbocycles. The summed E-state index contributed by atoms with van der Waals surface area (Å²) in [5.74, 6) is 0.345. The third-order valence-electron chi connectivity index (χ3n) is 9.97. The zero-order valence-corrected chi connectivity index (χ0v) is 24.7. The predicted octanol–water partition coefficient (Wildman–Crippen LogP) is 2.21. The highest BCUT2D eigenvalue weighted by Gasteiger charge is 2.51. The van der Waals surface area contributed by atoms with E-state index in [1.165, 1.54) is 18.9 Å². The zero-order chi connectivity index (χ0) is 27.9. The molecule has 8 nitrogen and oxygen atoms in total. The number of nitrogens with one attached hydrogen (secondary N) is 3. The summed E-state index contributed by atoms with van der Waals surface area (Å²) in [5, 5.41) is 11.0. The molecule has 3 N–H and O–H groups in total. The summed E-state index contributed by atoms with van der Waals surface area (Å²) in [5.41, 5.74) is 0.895. The van der Waals surface area contributed by atoms with Gasteiger partial charge in [0.15, 0.2) is 6.35 Å². The minimum atomic E-state index is -0.239. The van der Waals surface area contributed by atoms with Gasteiger partial charge in [-0.15, -0.1) is 11.8 Å². The number of benzene rings is 1. The van der Waals surface area contributed by atoms with E-state index in [4.69, 9.17) is 4.74 Å². The van der Waals surface area contributed by atoms with Crippen molar-refractivity contribution in [2.45, 2.75) is 78.8 Å². The number of thioether (sulfide) groups is 1. The summed E-state index contributed by atoms with van der Waals surface area (Å²) in [4.78, 5) is 20.6. The summed E-state index contributed by atoms with van der Waals surface area (Å²) in [6.45, 7) is 8.60. The fourth-order valence-electron chi connectivity index (χ4n) is 7.84. The molecule has 0 aromatic heterocycles. The Bertz CT molecular complexity index is 1090. The van der Waals surface area contributed by atoms with Crippen LogP contribution in [0.5, 0.6) is 0 Å². The number of halogens is 1. The second-order valence-electron chi connectivity index (χ2n) is 12.4. The van der Waals surface area contributed by atoms with Crippen LogP contribution in [0, 0.1) is 11.7 Å². The molecule has 220 valence electrons. The van der Waals surface area contributed by atoms with Crippen molar-refractivity contribution >= 4 is 17.7 Å². The lowest BCUT2D eigenvalue weighted by atomic mass is 9.73. The first-order chi connectivity index (χ1) is 19.4. The Morgan fingerprint density at radius 3 is 2.90 bits per heavy atom. The van der Waals surface area contributed by atoms with Gasteiger partial charge in [-0.3, -0.25) is 20.3 Å². The maximum absolute atomic E-state index is 14.7. The molecule has 4 heterocycles. The molecular formula is C30H45FN6O2S. The normalized spacial score (nSPS) is 36.5. The number of rotatable bonds is 7. The molecule has 5 aliphatic rings. The van der Waals surface area contributed by atoms with Crippen molar-refractivity contribution in [3.63, 3.8) is 0 Å². The van der Waals surface area contributed by atoms with Crippen LogP contribution < -0.4 is 16.0 Å². The number of carbonyl (C=O) groups excluding carboxylic acids is 1. The summed E-state index contributed by atoms with van der Waals surface area (Å²) in [6.07, 6.45) is 7.67. The van der Waals surface area contributed by atoms with E-state index in [-0.39, 0.29) is 41.1 Å². The third-order valence-corrected chi connectivity index (χ3v) is 11.5. The summed E-state index contributed by atoms with van der Waals surface area (Å²) >= 11 is 1.89. The van der Waals surface area contributed by atoms with Gasteiger partial charge in [-0.2, -0.15) is 0 Å². The van der Waals surface area contributed by atoms with Crippen LogP contribution in [0.3, 0.4) is 0 Å². The Balaban J connectivity index is 1.20. The Kier molecular flexibility index (Phi) is 8.57. The molecule has 40 heavy (non-hydrogen) atoms. The molecule has 1 spiro atoms. The largest absolute Gasteiger partial charge is 0.348 e. The number of amides is 1. The van der Waals surface area contributed by atoms with Crippen molar-refractivity contribution in [2.24, 2.45) is 5.92 Å². The fraction of sp³-hybridized carbons (Fsp3) is 0.700. The van der Waals surface area contributed by atoms with Crippen molar-refractivity contribution in [1.82, 2.24) is 30.7 Å². The van der Waals surface area contributed by atoms with Crippen molar-refractivity contribution in [3.05, 3.63) is 42.2 Å². The van der Waals surface area contributed by atoms with E-state index in [9.17, 15) is 9.18 Å². The van der Waals surface area contributed by atoms with Gasteiger partial charge in [0.25, 0.3) is 0 Å². The van der Waals surface area contributed by atoms with E-state index in [2.05, 4.69) is 45.4 Å². The second-order valence-corrected chi connectivity index (χ2v) is 13.9. The number of likely N-dealkylation sites (N-methyl/N-ethyl adjacent to an activating group) is 2. The van der Waals surface area contributed by atoms with Crippen LogP contribution in [0.25, 0.3) is 0 Å². The number of hydrogen-bond acceptors (Lipinski definition) is 8. The van der Waals surface area contributed by atoms with Crippen LogP contribution in [0.15, 0.2) is 35.7 Å². The highest BCUT2D eigenvalue weighted by molar-refractivity contribution is 8.01. The number of carbonyl (C=O) groups is 1. The maximum Gasteiger partial charge on any atom is 0.246 e. The Labute approximate surface area is 242 Å². The molecule has 1 aliphatic carbocycles. The van der Waals surface area contributed by atoms with Gasteiger partial charge in [-0.05, 0) is 77.4 Å². The first-order valence-corrected chi connectivity index (χ1v) is 15.8. The van der Waals surface area contributed by atoms with Crippen molar-refractivity contribution in [2.75, 3.05) is 53.4 Å². The highest BCUT2D eigenvalue weighted by Crippen LogP contribution is 2.54. The molecule has 4 aliphatic heterocycles. The molecule has 0 bridgehead atoms. The smallest absolute Gasteiger partial charge is 0.246 e. The number of ether oxygens (including phenoxy) is 1. The lowest BCUT2D eigenvalue weighted by Gasteiger charge is -2.55. The molecule has 4 fully saturated rings. The van der Waals surface area contributed by atoms with Gasteiger partial charge >= 0.3 is 0 Å². The van der Waals surface area contributed by atoms with Gasteiger partial charge in [0.2, 0.25) is 5.91 Å². The van der Waals surface area contributed by atoms with Gasteiger partial charge in [0.05, 0.1) is 18.8 Å². The summed E-state index contributed by atoms with van der Waals surface area (Å²) in [6, 6.07) is 6.33. The van der Waals surface area contributed by atoms with Crippen LogP contribution in [0.1, 0.15) is 37.7 Å². The van der Waals surface area contributed by atoms with E-state index < -0.39 is 0 Å². The number of likely N-dealkylation sites (tertiary alicyclic amines) is 1. The van der Waals surface area contributed by atoms with E-state index in [1.54, 1.807) is 6.07 Å². The van der Waals surface area contributed by atoms with Gasteiger partial charge in [0, 0.05) is 59.4 Å². The Morgan fingerprint density at radius 2 is 2.15 bits per heavy atom. The number of nitrogens with zero attached hydrogens (tertiary/aromatic N) is 3. The Hall–Kier alpha value is -1.53. The van der Waals surface area contributed by atoms with Gasteiger partial charge in [0.1, 0.15) is 5.82 Å². The molecule has 3 saturated heterocycles. The van der Waals surface area contributed by atoms with E-state index in [1.807, 2.05) is 29.8 Å². The minimum Gasteiger partial charge on any atom is -0.348 e. The molecular weight excluding hydrogens is 527 g/mol. The Morgan fingerprint density at radius 1 is 1.27 bits per heavy atom. The quantitative estimate of drug-likeness (QED) is 0.430. The molecule has 1 aromatic rings. The number of fused-ring (bicyclic) bond motifs is 2. The highest BCUT2D eigenvalue weighted by atomic mass is 32.2. The van der Waals surface area contributed by atoms with Gasteiger partial charge < -0.3 is 19.9 Å². The monoisotopic (exact) mass is 572 g/mol. The van der Waals surface area contributed by atoms with Crippen LogP contribution in [0.2, 0.25) is 0 Å². The summed E-state index contributed by atoms with van der Waals surface area (Å²) < 4.78 is 21.3. The van der Waals surface area contributed by atoms with Crippen molar-refractivity contribution in [3.8, 4) is 0 Å². The molecule has 0 radical (unpaired) electrons. The van der Waals surface area contributed by atoms with Crippen LogP contribution in [-0.4, -0.2) is 109 Å². The maximum atomic E-state index is 14.7. The standard InChI is InChI=1S/C30H45FN6O2S/c1-4-27(38)37-14-13-36(18-21(37)17-32-2)28-22-10-11-30(15-23-24(31)8-5-9-26(23)40-30)16-25(22)33-29(34-28)39-19-20-7-6-12-35(20)3/h4-5,8-9,20-22,25,28-29,32-34H,1,6-7,10-19H2,2-3H3/t20?,21?,22?,25?,28?,29?,30-/m0/s1. The van der Waals surface area contributed by atoms with Gasteiger partial charge in [-0.25, -0.2) is 4.39 Å². The topological polar surface area (TPSA) is 72.1 Å². The van der Waals surface area contributed by atoms with E-state index in [0.717, 1.165) is 62.3 Å². The number of hydrogen-bond donors (Lipinski definition) is 3. The first kappa shape index (κ1) is 28.6.